The second-order valence-electron chi connectivity index (χ2n) is 4.88. The minimum Gasteiger partial charge on any atom is -0.353 e. The maximum absolute atomic E-state index is 11.0. The number of aromatic nitrogens is 2. The average molecular weight is 273 g/mol. The van der Waals surface area contributed by atoms with E-state index in [4.69, 9.17) is 0 Å². The zero-order valence-electron chi connectivity index (χ0n) is 11.1. The van der Waals surface area contributed by atoms with Crippen molar-refractivity contribution in [2.45, 2.75) is 0 Å². The number of aromatic amines is 1. The Morgan fingerprint density at radius 3 is 2.48 bits per heavy atom. The first-order valence-electron chi connectivity index (χ1n) is 6.67. The van der Waals surface area contributed by atoms with Crippen LogP contribution in [0.3, 0.4) is 0 Å². The van der Waals surface area contributed by atoms with Crippen molar-refractivity contribution in [2.24, 2.45) is 5.18 Å². The molecule has 0 saturated carbocycles. The standard InChI is InChI=1S/C17H11N3O/c21-20-15-10-13-12-8-4-5-9-14(12)18-17(13)16(19-15)11-6-2-1-3-7-11/h1-10,18H. The molecule has 0 saturated heterocycles. The van der Waals surface area contributed by atoms with Gasteiger partial charge in [0, 0.05) is 21.9 Å². The Balaban J connectivity index is 2.16. The maximum Gasteiger partial charge on any atom is 0.197 e. The number of rotatable bonds is 2. The molecule has 0 atom stereocenters. The summed E-state index contributed by atoms with van der Waals surface area (Å²) in [5, 5.41) is 5.05. The summed E-state index contributed by atoms with van der Waals surface area (Å²) < 4.78 is 0. The molecule has 100 valence electrons. The van der Waals surface area contributed by atoms with Crippen molar-refractivity contribution in [1.29, 1.82) is 0 Å². The number of nitroso groups, excluding NO2 is 1. The number of pyridine rings is 1. The molecule has 0 fully saturated rings. The van der Waals surface area contributed by atoms with Crippen molar-refractivity contribution >= 4 is 27.6 Å². The van der Waals surface area contributed by atoms with Crippen LogP contribution in [-0.4, -0.2) is 9.97 Å². The molecule has 0 aliphatic heterocycles. The maximum atomic E-state index is 11.0. The fraction of sp³-hybridized carbons (Fsp3) is 0. The van der Waals surface area contributed by atoms with E-state index < -0.39 is 0 Å². The van der Waals surface area contributed by atoms with E-state index in [0.717, 1.165) is 33.1 Å². The van der Waals surface area contributed by atoms with E-state index in [1.54, 1.807) is 6.07 Å². The minimum absolute atomic E-state index is 0.200. The molecule has 0 amide bonds. The van der Waals surface area contributed by atoms with E-state index in [0.29, 0.717) is 0 Å². The number of nitrogens with one attached hydrogen (secondary N) is 1. The van der Waals surface area contributed by atoms with Crippen LogP contribution in [0.5, 0.6) is 0 Å². The molecule has 21 heavy (non-hydrogen) atoms. The summed E-state index contributed by atoms with van der Waals surface area (Å²) >= 11 is 0. The average Bonchev–Trinajstić information content (AvgIpc) is 2.93. The third-order valence-electron chi connectivity index (χ3n) is 3.62. The smallest absolute Gasteiger partial charge is 0.197 e. The summed E-state index contributed by atoms with van der Waals surface area (Å²) in [7, 11) is 0. The summed E-state index contributed by atoms with van der Waals surface area (Å²) in [4.78, 5) is 18.7. The number of benzene rings is 2. The lowest BCUT2D eigenvalue weighted by molar-refractivity contribution is 1.28. The zero-order valence-corrected chi connectivity index (χ0v) is 11.1. The molecule has 0 radical (unpaired) electrons. The van der Waals surface area contributed by atoms with E-state index >= 15 is 0 Å². The number of H-pyrrole nitrogens is 1. The van der Waals surface area contributed by atoms with E-state index in [1.807, 2.05) is 54.6 Å². The van der Waals surface area contributed by atoms with Gasteiger partial charge in [0.15, 0.2) is 5.82 Å². The van der Waals surface area contributed by atoms with Gasteiger partial charge >= 0.3 is 0 Å². The van der Waals surface area contributed by atoms with Gasteiger partial charge in [-0.1, -0.05) is 48.5 Å². The highest BCUT2D eigenvalue weighted by Gasteiger charge is 2.13. The molecule has 0 aliphatic rings. The Morgan fingerprint density at radius 1 is 0.905 bits per heavy atom. The number of hydrogen-bond acceptors (Lipinski definition) is 3. The van der Waals surface area contributed by atoms with E-state index in [1.165, 1.54) is 0 Å². The molecule has 4 rings (SSSR count). The second-order valence-corrected chi connectivity index (χ2v) is 4.88. The van der Waals surface area contributed by atoms with Gasteiger partial charge in [-0.3, -0.25) is 0 Å². The SMILES string of the molecule is O=Nc1cc2c([nH]c3ccccc32)c(-c2ccccc2)n1. The third kappa shape index (κ3) is 1.80. The van der Waals surface area contributed by atoms with Crippen molar-refractivity contribution < 1.29 is 0 Å². The lowest BCUT2D eigenvalue weighted by atomic mass is 10.1. The van der Waals surface area contributed by atoms with Gasteiger partial charge in [0.05, 0.1) is 11.2 Å². The number of hydrogen-bond donors (Lipinski definition) is 1. The van der Waals surface area contributed by atoms with Crippen molar-refractivity contribution in [3.8, 4) is 11.3 Å². The van der Waals surface area contributed by atoms with Crippen LogP contribution >= 0.6 is 0 Å². The first-order chi connectivity index (χ1) is 10.4. The van der Waals surface area contributed by atoms with Crippen molar-refractivity contribution in [1.82, 2.24) is 9.97 Å². The fourth-order valence-electron chi connectivity index (χ4n) is 2.68. The summed E-state index contributed by atoms with van der Waals surface area (Å²) in [6.07, 6.45) is 0. The van der Waals surface area contributed by atoms with E-state index in [2.05, 4.69) is 15.1 Å². The topological polar surface area (TPSA) is 58.1 Å². The Bertz CT molecular complexity index is 958. The largest absolute Gasteiger partial charge is 0.353 e. The molecule has 4 nitrogen and oxygen atoms in total. The molecule has 2 aromatic carbocycles. The van der Waals surface area contributed by atoms with Crippen LogP contribution in [0.2, 0.25) is 0 Å². The van der Waals surface area contributed by atoms with E-state index in [-0.39, 0.29) is 5.82 Å². The highest BCUT2D eigenvalue weighted by Crippen LogP contribution is 2.34. The normalized spacial score (nSPS) is 11.0. The van der Waals surface area contributed by atoms with Gasteiger partial charge < -0.3 is 4.98 Å². The highest BCUT2D eigenvalue weighted by atomic mass is 16.3. The molecular weight excluding hydrogens is 262 g/mol. The van der Waals surface area contributed by atoms with Gasteiger partial charge in [0.2, 0.25) is 0 Å². The summed E-state index contributed by atoms with van der Waals surface area (Å²) in [6.45, 7) is 0. The fourth-order valence-corrected chi connectivity index (χ4v) is 2.68. The van der Waals surface area contributed by atoms with Crippen LogP contribution < -0.4 is 0 Å². The van der Waals surface area contributed by atoms with Crippen LogP contribution in [0.15, 0.2) is 65.8 Å². The van der Waals surface area contributed by atoms with Crippen molar-refractivity contribution in [3.05, 3.63) is 65.6 Å². The third-order valence-corrected chi connectivity index (χ3v) is 3.62. The van der Waals surface area contributed by atoms with Gasteiger partial charge in [-0.2, -0.15) is 0 Å². The lowest BCUT2D eigenvalue weighted by Gasteiger charge is -2.03. The molecule has 0 aliphatic carbocycles. The van der Waals surface area contributed by atoms with Gasteiger partial charge in [-0.05, 0) is 17.3 Å². The molecule has 2 aromatic heterocycles. The van der Waals surface area contributed by atoms with Crippen molar-refractivity contribution in [2.75, 3.05) is 0 Å². The molecule has 4 heteroatoms. The minimum atomic E-state index is 0.200. The number of nitrogens with zero attached hydrogens (tertiary/aromatic N) is 2. The molecule has 2 heterocycles. The quantitative estimate of drug-likeness (QED) is 0.534. The van der Waals surface area contributed by atoms with Crippen LogP contribution in [0.4, 0.5) is 5.82 Å². The predicted octanol–water partition coefficient (Wildman–Crippen LogP) is 4.78. The van der Waals surface area contributed by atoms with Crippen LogP contribution in [0.1, 0.15) is 0 Å². The molecule has 1 N–H and O–H groups in total. The van der Waals surface area contributed by atoms with Crippen LogP contribution in [-0.2, 0) is 0 Å². The van der Waals surface area contributed by atoms with Crippen LogP contribution in [0, 0.1) is 4.91 Å². The van der Waals surface area contributed by atoms with Gasteiger partial charge in [0.25, 0.3) is 0 Å². The lowest BCUT2D eigenvalue weighted by Crippen LogP contribution is -1.86. The second kappa shape index (κ2) is 4.52. The first-order valence-corrected chi connectivity index (χ1v) is 6.67. The Morgan fingerprint density at radius 2 is 1.67 bits per heavy atom. The molecular formula is C17H11N3O. The highest BCUT2D eigenvalue weighted by molar-refractivity contribution is 6.11. The molecule has 0 bridgehead atoms. The summed E-state index contributed by atoms with van der Waals surface area (Å²) in [5.41, 5.74) is 3.66. The summed E-state index contributed by atoms with van der Waals surface area (Å²) in [6, 6.07) is 19.5. The van der Waals surface area contributed by atoms with E-state index in [9.17, 15) is 4.91 Å². The first kappa shape index (κ1) is 11.8. The number of fused-ring (bicyclic) bond motifs is 3. The van der Waals surface area contributed by atoms with Crippen molar-refractivity contribution in [3.63, 3.8) is 0 Å². The van der Waals surface area contributed by atoms with Gasteiger partial charge in [-0.15, -0.1) is 4.91 Å². The van der Waals surface area contributed by atoms with Gasteiger partial charge in [-0.25, -0.2) is 4.98 Å². The zero-order chi connectivity index (χ0) is 14.2. The Kier molecular flexibility index (Phi) is 2.54. The number of para-hydroxylation sites is 1. The Labute approximate surface area is 120 Å². The van der Waals surface area contributed by atoms with Crippen LogP contribution in [0.25, 0.3) is 33.1 Å². The summed E-state index contributed by atoms with van der Waals surface area (Å²) in [5.74, 6) is 0.200. The Hall–Kier alpha value is -3.01. The molecule has 4 aromatic rings. The molecule has 0 spiro atoms. The van der Waals surface area contributed by atoms with Gasteiger partial charge in [0.1, 0.15) is 0 Å². The predicted molar refractivity (Wildman–Crippen MR) is 84.5 cm³/mol. The monoisotopic (exact) mass is 273 g/mol. The molecule has 0 unspecified atom stereocenters.